The van der Waals surface area contributed by atoms with Crippen LogP contribution in [-0.2, 0) is 4.79 Å². The Balaban J connectivity index is 1.63. The monoisotopic (exact) mass is 426 g/mol. The Morgan fingerprint density at radius 2 is 1.83 bits per heavy atom. The predicted octanol–water partition coefficient (Wildman–Crippen LogP) is 4.84. The van der Waals surface area contributed by atoms with Crippen LogP contribution >= 0.6 is 11.8 Å². The molecule has 1 saturated heterocycles. The van der Waals surface area contributed by atoms with Crippen LogP contribution in [-0.4, -0.2) is 34.6 Å². The highest BCUT2D eigenvalue weighted by molar-refractivity contribution is 7.99. The Hall–Kier alpha value is -2.34. The third-order valence-corrected chi connectivity index (χ3v) is 7.21. The molecule has 1 heterocycles. The van der Waals surface area contributed by atoms with Crippen molar-refractivity contribution in [3.05, 3.63) is 71.0 Å². The zero-order chi connectivity index (χ0) is 21.1. The first-order chi connectivity index (χ1) is 14.5. The van der Waals surface area contributed by atoms with Crippen LogP contribution in [0.25, 0.3) is 0 Å². The van der Waals surface area contributed by atoms with Gasteiger partial charge in [-0.2, -0.15) is 0 Å². The van der Waals surface area contributed by atoms with E-state index in [0.29, 0.717) is 16.9 Å². The average Bonchev–Trinajstić information content (AvgIpc) is 3.19. The molecular formula is C24H27FN2O2S. The Bertz CT molecular complexity index is 929. The van der Waals surface area contributed by atoms with Crippen LogP contribution in [0.1, 0.15) is 59.0 Å². The van der Waals surface area contributed by atoms with Gasteiger partial charge in [-0.15, -0.1) is 11.8 Å². The number of halogens is 1. The highest BCUT2D eigenvalue weighted by Gasteiger charge is 2.43. The van der Waals surface area contributed by atoms with Crippen LogP contribution in [0.15, 0.2) is 48.5 Å². The van der Waals surface area contributed by atoms with Gasteiger partial charge >= 0.3 is 0 Å². The highest BCUT2D eigenvalue weighted by atomic mass is 32.2. The molecule has 2 fully saturated rings. The summed E-state index contributed by atoms with van der Waals surface area (Å²) in [6.07, 6.45) is 5.45. The van der Waals surface area contributed by atoms with Crippen LogP contribution in [0.3, 0.4) is 0 Å². The van der Waals surface area contributed by atoms with Crippen LogP contribution in [0, 0.1) is 12.7 Å². The van der Waals surface area contributed by atoms with Gasteiger partial charge in [-0.25, -0.2) is 4.39 Å². The molecule has 2 aliphatic rings. The lowest BCUT2D eigenvalue weighted by Crippen LogP contribution is -2.50. The molecule has 6 heteroatoms. The smallest absolute Gasteiger partial charge is 0.255 e. The van der Waals surface area contributed by atoms with Crippen molar-refractivity contribution in [1.82, 2.24) is 10.2 Å². The summed E-state index contributed by atoms with van der Waals surface area (Å²) in [7, 11) is 0. The van der Waals surface area contributed by atoms with E-state index in [4.69, 9.17) is 0 Å². The van der Waals surface area contributed by atoms with Crippen LogP contribution in [0.2, 0.25) is 0 Å². The Kier molecular flexibility index (Phi) is 6.42. The quantitative estimate of drug-likeness (QED) is 0.761. The lowest BCUT2D eigenvalue weighted by Gasteiger charge is -2.31. The van der Waals surface area contributed by atoms with E-state index < -0.39 is 11.4 Å². The van der Waals surface area contributed by atoms with Gasteiger partial charge in [-0.05, 0) is 49.6 Å². The van der Waals surface area contributed by atoms with E-state index in [-0.39, 0.29) is 23.7 Å². The summed E-state index contributed by atoms with van der Waals surface area (Å²) < 4.78 is 13.9. The van der Waals surface area contributed by atoms with E-state index in [1.54, 1.807) is 17.0 Å². The molecule has 2 aromatic rings. The van der Waals surface area contributed by atoms with Crippen LogP contribution < -0.4 is 5.32 Å². The maximum Gasteiger partial charge on any atom is 0.255 e. The summed E-state index contributed by atoms with van der Waals surface area (Å²) in [6, 6.07) is 13.3. The number of rotatable bonds is 4. The highest BCUT2D eigenvalue weighted by Crippen LogP contribution is 2.42. The summed E-state index contributed by atoms with van der Waals surface area (Å²) in [5, 5.41) is 2.78. The minimum absolute atomic E-state index is 0.102. The number of hydrogen-bond donors (Lipinski definition) is 1. The molecule has 158 valence electrons. The van der Waals surface area contributed by atoms with E-state index >= 15 is 0 Å². The Morgan fingerprint density at radius 1 is 1.07 bits per heavy atom. The van der Waals surface area contributed by atoms with Gasteiger partial charge in [0.2, 0.25) is 5.91 Å². The SMILES string of the molecule is Cc1cccc(C(=O)N2C(C(=O)NC3CCCCC3)CSC2c2cccc(F)c2)c1. The molecule has 4 rings (SSSR count). The normalized spacial score (nSPS) is 22.1. The maximum absolute atomic E-state index is 13.9. The molecule has 0 bridgehead atoms. The summed E-state index contributed by atoms with van der Waals surface area (Å²) in [5.41, 5.74) is 2.24. The fraction of sp³-hybridized carbons (Fsp3) is 0.417. The molecule has 2 aromatic carbocycles. The topological polar surface area (TPSA) is 49.4 Å². The number of nitrogens with one attached hydrogen (secondary N) is 1. The second-order valence-corrected chi connectivity index (χ2v) is 9.30. The molecule has 30 heavy (non-hydrogen) atoms. The third kappa shape index (κ3) is 4.53. The molecule has 2 atom stereocenters. The molecular weight excluding hydrogens is 399 g/mol. The largest absolute Gasteiger partial charge is 0.352 e. The zero-order valence-corrected chi connectivity index (χ0v) is 18.0. The minimum atomic E-state index is -0.571. The summed E-state index contributed by atoms with van der Waals surface area (Å²) in [6.45, 7) is 1.94. The van der Waals surface area contributed by atoms with Gasteiger partial charge in [-0.1, -0.05) is 49.1 Å². The number of carbonyl (C=O) groups is 2. The number of hydrogen-bond acceptors (Lipinski definition) is 3. The summed E-state index contributed by atoms with van der Waals surface area (Å²) in [5.74, 6) is -0.140. The molecule has 1 saturated carbocycles. The van der Waals surface area contributed by atoms with Gasteiger partial charge in [0.1, 0.15) is 17.2 Å². The summed E-state index contributed by atoms with van der Waals surface area (Å²) >= 11 is 1.52. The zero-order valence-electron chi connectivity index (χ0n) is 17.1. The number of thioether (sulfide) groups is 1. The third-order valence-electron chi connectivity index (χ3n) is 5.89. The number of nitrogens with zero attached hydrogens (tertiary/aromatic N) is 1. The predicted molar refractivity (Wildman–Crippen MR) is 118 cm³/mol. The molecule has 0 aromatic heterocycles. The van der Waals surface area contributed by atoms with Gasteiger partial charge in [0.25, 0.3) is 5.91 Å². The van der Waals surface area contributed by atoms with Crippen molar-refractivity contribution < 1.29 is 14.0 Å². The first-order valence-electron chi connectivity index (χ1n) is 10.6. The van der Waals surface area contributed by atoms with Crippen molar-refractivity contribution in [2.24, 2.45) is 0 Å². The van der Waals surface area contributed by atoms with Crippen molar-refractivity contribution >= 4 is 23.6 Å². The van der Waals surface area contributed by atoms with Crippen molar-refractivity contribution in [3.8, 4) is 0 Å². The van der Waals surface area contributed by atoms with Gasteiger partial charge in [0.05, 0.1) is 0 Å². The molecule has 2 amide bonds. The van der Waals surface area contributed by atoms with E-state index in [9.17, 15) is 14.0 Å². The number of amides is 2. The maximum atomic E-state index is 13.9. The Labute approximate surface area is 181 Å². The minimum Gasteiger partial charge on any atom is -0.352 e. The van der Waals surface area contributed by atoms with Crippen molar-refractivity contribution in [3.63, 3.8) is 0 Å². The van der Waals surface area contributed by atoms with Gasteiger partial charge in [0.15, 0.2) is 0 Å². The second-order valence-electron chi connectivity index (χ2n) is 8.18. The molecule has 1 aliphatic heterocycles. The van der Waals surface area contributed by atoms with Crippen molar-refractivity contribution in [2.45, 2.75) is 56.5 Å². The van der Waals surface area contributed by atoms with Crippen LogP contribution in [0.4, 0.5) is 4.39 Å². The van der Waals surface area contributed by atoms with Crippen molar-refractivity contribution in [1.29, 1.82) is 0 Å². The van der Waals surface area contributed by atoms with Gasteiger partial charge < -0.3 is 10.2 Å². The first-order valence-corrected chi connectivity index (χ1v) is 11.6. The summed E-state index contributed by atoms with van der Waals surface area (Å²) in [4.78, 5) is 28.3. The van der Waals surface area contributed by atoms with Gasteiger partial charge in [0, 0.05) is 17.4 Å². The van der Waals surface area contributed by atoms with Crippen molar-refractivity contribution in [2.75, 3.05) is 5.75 Å². The lowest BCUT2D eigenvalue weighted by atomic mass is 9.95. The average molecular weight is 427 g/mol. The van der Waals surface area contributed by atoms with E-state index in [1.165, 1.54) is 30.3 Å². The molecule has 2 unspecified atom stereocenters. The number of carbonyl (C=O) groups excluding carboxylic acids is 2. The standard InChI is InChI=1S/C24H27FN2O2S/c1-16-7-5-8-17(13-16)23(29)27-21(22(28)26-20-11-3-2-4-12-20)15-30-24(27)18-9-6-10-19(25)14-18/h5-10,13-14,20-21,24H,2-4,11-12,15H2,1H3,(H,26,28). The molecule has 1 N–H and O–H groups in total. The second kappa shape index (κ2) is 9.21. The fourth-order valence-electron chi connectivity index (χ4n) is 4.34. The fourth-order valence-corrected chi connectivity index (χ4v) is 5.76. The molecule has 4 nitrogen and oxygen atoms in total. The van der Waals surface area contributed by atoms with E-state index in [1.807, 2.05) is 31.2 Å². The molecule has 1 aliphatic carbocycles. The van der Waals surface area contributed by atoms with E-state index in [0.717, 1.165) is 31.2 Å². The van der Waals surface area contributed by atoms with E-state index in [2.05, 4.69) is 5.32 Å². The molecule has 0 spiro atoms. The lowest BCUT2D eigenvalue weighted by molar-refractivity contribution is -0.125. The van der Waals surface area contributed by atoms with Crippen LogP contribution in [0.5, 0.6) is 0 Å². The first kappa shape index (κ1) is 20.9. The molecule has 0 radical (unpaired) electrons. The number of aryl methyl sites for hydroxylation is 1. The Morgan fingerprint density at radius 3 is 2.57 bits per heavy atom. The number of benzene rings is 2. The van der Waals surface area contributed by atoms with Gasteiger partial charge in [-0.3, -0.25) is 9.59 Å².